The number of esters is 2. The third-order valence-electron chi connectivity index (χ3n) is 7.65. The lowest BCUT2D eigenvalue weighted by atomic mass is 9.85. The van der Waals surface area contributed by atoms with Gasteiger partial charge in [-0.1, -0.05) is 6.92 Å². The van der Waals surface area contributed by atoms with Gasteiger partial charge in [-0.2, -0.15) is 0 Å². The predicted octanol–water partition coefficient (Wildman–Crippen LogP) is 5.09. The second kappa shape index (κ2) is 13.0. The zero-order valence-corrected chi connectivity index (χ0v) is 24.9. The Labute approximate surface area is 233 Å². The molecule has 0 bridgehead atoms. The summed E-state index contributed by atoms with van der Waals surface area (Å²) < 4.78 is 21.7. The summed E-state index contributed by atoms with van der Waals surface area (Å²) >= 11 is 0. The number of carbonyl (C=O) groups excluding carboxylic acids is 3. The number of methoxy groups -OCH3 is 2. The molecular weight excluding hydrogens is 500 g/mol. The molecule has 0 atom stereocenters. The molecule has 0 unspecified atom stereocenters. The van der Waals surface area contributed by atoms with Gasteiger partial charge in [0.25, 0.3) is 0 Å². The van der Waals surface area contributed by atoms with Crippen molar-refractivity contribution in [2.45, 2.75) is 97.4 Å². The molecule has 0 N–H and O–H groups in total. The number of nitrogens with zero attached hydrogens (tertiary/aromatic N) is 2. The van der Waals surface area contributed by atoms with Crippen molar-refractivity contribution >= 4 is 18.0 Å². The third-order valence-corrected chi connectivity index (χ3v) is 7.65. The Hall–Kier alpha value is -2.81. The summed E-state index contributed by atoms with van der Waals surface area (Å²) in [4.78, 5) is 41.6. The maximum atomic E-state index is 12.6. The molecule has 2 aliphatic rings. The molecular formula is C30H46N2O7. The number of hydrogen-bond acceptors (Lipinski definition) is 8. The van der Waals surface area contributed by atoms with E-state index in [1.165, 1.54) is 14.2 Å². The zero-order chi connectivity index (χ0) is 28.9. The van der Waals surface area contributed by atoms with Gasteiger partial charge in [-0.3, -0.25) is 4.90 Å². The topological polar surface area (TPSA) is 94.6 Å². The summed E-state index contributed by atoms with van der Waals surface area (Å²) in [5.74, 6) is -0.0106. The minimum Gasteiger partial charge on any atom is -0.490 e. The highest BCUT2D eigenvalue weighted by molar-refractivity contribution is 6.04. The fourth-order valence-corrected chi connectivity index (χ4v) is 5.49. The molecule has 1 aromatic rings. The van der Waals surface area contributed by atoms with E-state index in [-0.39, 0.29) is 23.3 Å². The van der Waals surface area contributed by atoms with E-state index >= 15 is 0 Å². The maximum absolute atomic E-state index is 12.6. The summed E-state index contributed by atoms with van der Waals surface area (Å²) in [6.07, 6.45) is 4.05. The van der Waals surface area contributed by atoms with Crippen LogP contribution in [-0.2, 0) is 20.6 Å². The molecule has 0 spiro atoms. The Morgan fingerprint density at radius 1 is 1.03 bits per heavy atom. The first-order chi connectivity index (χ1) is 18.4. The van der Waals surface area contributed by atoms with Gasteiger partial charge in [0.15, 0.2) is 0 Å². The number of carbonyl (C=O) groups is 3. The minimum atomic E-state index is -0.579. The van der Waals surface area contributed by atoms with Crippen molar-refractivity contribution in [3.63, 3.8) is 0 Å². The van der Waals surface area contributed by atoms with E-state index in [0.29, 0.717) is 35.7 Å². The molecule has 1 saturated carbocycles. The standard InChI is InChI=1S/C30H46N2O7/c1-9-23-25(11-10-24(27(33)36-7)26(23)28(34)37-8)38-22-16-21(17-22)32(19(2)3)18-20-12-14-31(15-13-20)29(35)39-30(4,5)6/h10-11,19-22H,9,12-18H2,1-8H3/t21-,22-. The number of benzene rings is 1. The van der Waals surface area contributed by atoms with Crippen LogP contribution in [0.4, 0.5) is 4.79 Å². The number of ether oxygens (including phenoxy) is 4. The van der Waals surface area contributed by atoms with Crippen LogP contribution in [0.2, 0.25) is 0 Å². The van der Waals surface area contributed by atoms with Crippen LogP contribution in [0.1, 0.15) is 93.5 Å². The fourth-order valence-electron chi connectivity index (χ4n) is 5.49. The number of likely N-dealkylation sites (tertiary alicyclic amines) is 1. The Morgan fingerprint density at radius 2 is 1.64 bits per heavy atom. The van der Waals surface area contributed by atoms with Crippen LogP contribution in [-0.4, -0.2) is 85.5 Å². The fraction of sp³-hybridized carbons (Fsp3) is 0.700. The van der Waals surface area contributed by atoms with E-state index in [1.807, 2.05) is 32.6 Å². The van der Waals surface area contributed by atoms with Gasteiger partial charge in [-0.15, -0.1) is 0 Å². The molecule has 9 nitrogen and oxygen atoms in total. The lowest BCUT2D eigenvalue weighted by Gasteiger charge is -2.46. The highest BCUT2D eigenvalue weighted by Gasteiger charge is 2.38. The summed E-state index contributed by atoms with van der Waals surface area (Å²) in [7, 11) is 2.59. The Morgan fingerprint density at radius 3 is 2.15 bits per heavy atom. The van der Waals surface area contributed by atoms with E-state index in [9.17, 15) is 14.4 Å². The smallest absolute Gasteiger partial charge is 0.410 e. The SMILES string of the molecule is CCc1c(O[C@H]2C[C@H](N(CC3CCN(C(=O)OC(C)(C)C)CC3)C(C)C)C2)ccc(C(=O)OC)c1C(=O)OC. The van der Waals surface area contributed by atoms with Crippen molar-refractivity contribution in [1.82, 2.24) is 9.80 Å². The van der Waals surface area contributed by atoms with Crippen molar-refractivity contribution in [3.05, 3.63) is 28.8 Å². The van der Waals surface area contributed by atoms with Crippen LogP contribution < -0.4 is 4.74 Å². The second-order valence-electron chi connectivity index (χ2n) is 11.9. The average Bonchev–Trinajstić information content (AvgIpc) is 2.87. The van der Waals surface area contributed by atoms with E-state index in [4.69, 9.17) is 18.9 Å². The molecule has 1 aliphatic carbocycles. The number of rotatable bonds is 9. The first-order valence-corrected chi connectivity index (χ1v) is 14.1. The van der Waals surface area contributed by atoms with Crippen molar-refractivity contribution in [3.8, 4) is 5.75 Å². The summed E-state index contributed by atoms with van der Waals surface area (Å²) in [5.41, 5.74) is 0.573. The number of hydrogen-bond donors (Lipinski definition) is 0. The predicted molar refractivity (Wildman–Crippen MR) is 148 cm³/mol. The molecule has 39 heavy (non-hydrogen) atoms. The van der Waals surface area contributed by atoms with Crippen LogP contribution in [0.5, 0.6) is 5.75 Å². The lowest BCUT2D eigenvalue weighted by molar-refractivity contribution is -0.0137. The molecule has 1 amide bonds. The van der Waals surface area contributed by atoms with Crippen LogP contribution in [0.25, 0.3) is 0 Å². The van der Waals surface area contributed by atoms with Gasteiger partial charge < -0.3 is 23.8 Å². The zero-order valence-electron chi connectivity index (χ0n) is 24.9. The van der Waals surface area contributed by atoms with Gasteiger partial charge in [-0.05, 0) is 71.9 Å². The molecule has 1 saturated heterocycles. The Kier molecular flexibility index (Phi) is 10.3. The Balaban J connectivity index is 1.60. The van der Waals surface area contributed by atoms with Crippen LogP contribution in [0, 0.1) is 5.92 Å². The van der Waals surface area contributed by atoms with Gasteiger partial charge in [0, 0.05) is 50.1 Å². The van der Waals surface area contributed by atoms with Crippen molar-refractivity contribution in [2.75, 3.05) is 33.9 Å². The lowest BCUT2D eigenvalue weighted by Crippen LogP contribution is -2.54. The first kappa shape index (κ1) is 30.7. The molecule has 1 heterocycles. The quantitative estimate of drug-likeness (QED) is 0.312. The maximum Gasteiger partial charge on any atom is 0.410 e. The highest BCUT2D eigenvalue weighted by atomic mass is 16.6. The largest absolute Gasteiger partial charge is 0.490 e. The summed E-state index contributed by atoms with van der Waals surface area (Å²) in [6.45, 7) is 14.5. The van der Waals surface area contributed by atoms with Gasteiger partial charge in [0.05, 0.1) is 25.3 Å². The van der Waals surface area contributed by atoms with Crippen LogP contribution >= 0.6 is 0 Å². The molecule has 1 aromatic carbocycles. The minimum absolute atomic E-state index is 0.0324. The number of piperidine rings is 1. The summed E-state index contributed by atoms with van der Waals surface area (Å²) in [6, 6.07) is 4.14. The van der Waals surface area contributed by atoms with Gasteiger partial charge >= 0.3 is 18.0 Å². The highest BCUT2D eigenvalue weighted by Crippen LogP contribution is 2.36. The monoisotopic (exact) mass is 546 g/mol. The van der Waals surface area contributed by atoms with E-state index < -0.39 is 17.5 Å². The molecule has 218 valence electrons. The first-order valence-electron chi connectivity index (χ1n) is 14.1. The summed E-state index contributed by atoms with van der Waals surface area (Å²) in [5, 5.41) is 0. The van der Waals surface area contributed by atoms with Gasteiger partial charge in [-0.25, -0.2) is 14.4 Å². The molecule has 2 fully saturated rings. The molecule has 9 heteroatoms. The van der Waals surface area contributed by atoms with E-state index in [2.05, 4.69) is 18.7 Å². The van der Waals surface area contributed by atoms with Crippen molar-refractivity contribution in [2.24, 2.45) is 5.92 Å². The van der Waals surface area contributed by atoms with Crippen LogP contribution in [0.3, 0.4) is 0 Å². The normalized spacial score (nSPS) is 20.0. The molecule has 0 radical (unpaired) electrons. The van der Waals surface area contributed by atoms with E-state index in [0.717, 1.165) is 45.3 Å². The molecule has 3 rings (SSSR count). The van der Waals surface area contributed by atoms with Crippen molar-refractivity contribution in [1.29, 1.82) is 0 Å². The van der Waals surface area contributed by atoms with Gasteiger partial charge in [0.2, 0.25) is 0 Å². The van der Waals surface area contributed by atoms with Gasteiger partial charge in [0.1, 0.15) is 17.5 Å². The van der Waals surface area contributed by atoms with Crippen molar-refractivity contribution < 1.29 is 33.3 Å². The Bertz CT molecular complexity index is 1020. The third kappa shape index (κ3) is 7.65. The van der Waals surface area contributed by atoms with E-state index in [1.54, 1.807) is 12.1 Å². The molecule has 1 aliphatic heterocycles. The van der Waals surface area contributed by atoms with Crippen LogP contribution in [0.15, 0.2) is 12.1 Å². The molecule has 0 aromatic heterocycles. The number of amides is 1. The average molecular weight is 547 g/mol. The second-order valence-corrected chi connectivity index (χ2v) is 11.9.